The normalized spacial score (nSPS) is 15.4. The summed E-state index contributed by atoms with van der Waals surface area (Å²) in [5, 5.41) is 8.63. The van der Waals surface area contributed by atoms with Crippen LogP contribution in [0.1, 0.15) is 31.2 Å². The van der Waals surface area contributed by atoms with Gasteiger partial charge < -0.3 is 5.11 Å². The van der Waals surface area contributed by atoms with Gasteiger partial charge in [0.2, 0.25) is 10.0 Å². The van der Waals surface area contributed by atoms with Gasteiger partial charge in [0, 0.05) is 25.1 Å². The van der Waals surface area contributed by atoms with E-state index in [9.17, 15) is 12.8 Å². The molecule has 0 spiro atoms. The summed E-state index contributed by atoms with van der Waals surface area (Å²) in [5.74, 6) is 4.56. The van der Waals surface area contributed by atoms with Gasteiger partial charge >= 0.3 is 0 Å². The predicted octanol–water partition coefficient (Wildman–Crippen LogP) is 1.73. The van der Waals surface area contributed by atoms with E-state index in [1.807, 2.05) is 0 Å². The highest BCUT2D eigenvalue weighted by Gasteiger charge is 2.33. The number of rotatable bonds is 4. The van der Waals surface area contributed by atoms with Crippen molar-refractivity contribution in [2.45, 2.75) is 36.6 Å². The van der Waals surface area contributed by atoms with Gasteiger partial charge in [-0.15, -0.1) is 0 Å². The SMILES string of the molecule is CN(C1CCC1)S(=O)(=O)c1ccc(C#CCCO)cc1F. The molecule has 6 heteroatoms. The van der Waals surface area contributed by atoms with Gasteiger partial charge in [-0.2, -0.15) is 4.31 Å². The zero-order valence-electron chi connectivity index (χ0n) is 11.8. The van der Waals surface area contributed by atoms with Gasteiger partial charge in [0.15, 0.2) is 0 Å². The smallest absolute Gasteiger partial charge is 0.245 e. The highest BCUT2D eigenvalue weighted by Crippen LogP contribution is 2.29. The average Bonchev–Trinajstić information content (AvgIpc) is 2.36. The zero-order chi connectivity index (χ0) is 15.5. The molecule has 1 aliphatic rings. The standard InChI is InChI=1S/C15H18FNO3S/c1-17(13-6-4-7-13)21(19,20)15-9-8-12(11-14(15)16)5-2-3-10-18/h8-9,11,13,18H,3-4,6-7,10H2,1H3. The van der Waals surface area contributed by atoms with Crippen LogP contribution in [0.2, 0.25) is 0 Å². The molecule has 1 N–H and O–H groups in total. The van der Waals surface area contributed by atoms with Gasteiger partial charge in [0.25, 0.3) is 0 Å². The first-order chi connectivity index (χ1) is 9.96. The third kappa shape index (κ3) is 3.43. The first kappa shape index (κ1) is 16.0. The highest BCUT2D eigenvalue weighted by atomic mass is 32.2. The van der Waals surface area contributed by atoms with Crippen molar-refractivity contribution in [3.63, 3.8) is 0 Å². The fourth-order valence-electron chi connectivity index (χ4n) is 2.11. The lowest BCUT2D eigenvalue weighted by Gasteiger charge is -2.33. The lowest BCUT2D eigenvalue weighted by molar-refractivity contribution is 0.249. The number of hydrogen-bond donors (Lipinski definition) is 1. The van der Waals surface area contributed by atoms with E-state index in [4.69, 9.17) is 5.11 Å². The topological polar surface area (TPSA) is 57.6 Å². The predicted molar refractivity (Wildman–Crippen MR) is 77.6 cm³/mol. The third-order valence-corrected chi connectivity index (χ3v) is 5.59. The van der Waals surface area contributed by atoms with Crippen LogP contribution >= 0.6 is 0 Å². The van der Waals surface area contributed by atoms with Crippen LogP contribution in [0.4, 0.5) is 4.39 Å². The van der Waals surface area contributed by atoms with Crippen molar-refractivity contribution in [2.75, 3.05) is 13.7 Å². The minimum Gasteiger partial charge on any atom is -0.395 e. The van der Waals surface area contributed by atoms with Crippen LogP contribution in [0.5, 0.6) is 0 Å². The van der Waals surface area contributed by atoms with Gasteiger partial charge in [-0.3, -0.25) is 0 Å². The molecule has 1 aromatic carbocycles. The maximum atomic E-state index is 14.1. The van der Waals surface area contributed by atoms with E-state index < -0.39 is 15.8 Å². The maximum Gasteiger partial charge on any atom is 0.245 e. The number of sulfonamides is 1. The van der Waals surface area contributed by atoms with E-state index in [1.165, 1.54) is 23.5 Å². The molecule has 114 valence electrons. The van der Waals surface area contributed by atoms with E-state index in [2.05, 4.69) is 11.8 Å². The Balaban J connectivity index is 2.26. The Bertz CT molecular complexity index is 672. The number of halogens is 1. The molecule has 0 amide bonds. The van der Waals surface area contributed by atoms with Crippen molar-refractivity contribution in [2.24, 2.45) is 0 Å². The van der Waals surface area contributed by atoms with Crippen molar-refractivity contribution in [3.05, 3.63) is 29.6 Å². The summed E-state index contributed by atoms with van der Waals surface area (Å²) >= 11 is 0. The Morgan fingerprint density at radius 3 is 2.67 bits per heavy atom. The average molecular weight is 311 g/mol. The zero-order valence-corrected chi connectivity index (χ0v) is 12.7. The lowest BCUT2D eigenvalue weighted by atomic mass is 9.94. The molecule has 1 fully saturated rings. The fraction of sp³-hybridized carbons (Fsp3) is 0.467. The van der Waals surface area contributed by atoms with E-state index in [-0.39, 0.29) is 17.5 Å². The summed E-state index contributed by atoms with van der Waals surface area (Å²) in [4.78, 5) is -0.315. The van der Waals surface area contributed by atoms with Crippen LogP contribution in [0.15, 0.2) is 23.1 Å². The number of aliphatic hydroxyl groups excluding tert-OH is 1. The summed E-state index contributed by atoms with van der Waals surface area (Å²) < 4.78 is 40.1. The molecule has 0 saturated heterocycles. The van der Waals surface area contributed by atoms with Crippen molar-refractivity contribution in [1.29, 1.82) is 0 Å². The summed E-state index contributed by atoms with van der Waals surface area (Å²) in [6.45, 7) is -0.0614. The lowest BCUT2D eigenvalue weighted by Crippen LogP contribution is -2.41. The number of hydrogen-bond acceptors (Lipinski definition) is 3. The molecular weight excluding hydrogens is 293 g/mol. The largest absolute Gasteiger partial charge is 0.395 e. The molecule has 0 aromatic heterocycles. The van der Waals surface area contributed by atoms with Crippen LogP contribution in [0.3, 0.4) is 0 Å². The van der Waals surface area contributed by atoms with Crippen LogP contribution in [0.25, 0.3) is 0 Å². The number of nitrogens with zero attached hydrogens (tertiary/aromatic N) is 1. The Kier molecular flexibility index (Phi) is 4.99. The molecule has 1 aromatic rings. The van der Waals surface area contributed by atoms with Crippen molar-refractivity contribution in [1.82, 2.24) is 4.31 Å². The van der Waals surface area contributed by atoms with E-state index in [0.717, 1.165) is 25.3 Å². The van der Waals surface area contributed by atoms with Gasteiger partial charge in [-0.25, -0.2) is 12.8 Å². The molecule has 0 radical (unpaired) electrons. The Hall–Kier alpha value is -1.42. The van der Waals surface area contributed by atoms with Crippen LogP contribution < -0.4 is 0 Å². The summed E-state index contributed by atoms with van der Waals surface area (Å²) in [5.41, 5.74) is 0.395. The Morgan fingerprint density at radius 2 is 2.14 bits per heavy atom. The molecule has 0 unspecified atom stereocenters. The highest BCUT2D eigenvalue weighted by molar-refractivity contribution is 7.89. The van der Waals surface area contributed by atoms with Crippen LogP contribution in [-0.2, 0) is 10.0 Å². The minimum absolute atomic E-state index is 0.0292. The van der Waals surface area contributed by atoms with Crippen molar-refractivity contribution < 1.29 is 17.9 Å². The molecular formula is C15H18FNO3S. The molecule has 1 saturated carbocycles. The molecule has 0 heterocycles. The second-order valence-corrected chi connectivity index (χ2v) is 6.99. The molecule has 0 bridgehead atoms. The quantitative estimate of drug-likeness (QED) is 0.862. The molecule has 21 heavy (non-hydrogen) atoms. The first-order valence-electron chi connectivity index (χ1n) is 6.84. The molecule has 0 atom stereocenters. The summed E-state index contributed by atoms with van der Waals surface area (Å²) in [6.07, 6.45) is 2.95. The van der Waals surface area contributed by atoms with Gasteiger partial charge in [-0.1, -0.05) is 18.3 Å². The number of benzene rings is 1. The molecule has 4 nitrogen and oxygen atoms in total. The summed E-state index contributed by atoms with van der Waals surface area (Å²) in [6, 6.07) is 3.82. The monoisotopic (exact) mass is 311 g/mol. The minimum atomic E-state index is -3.80. The first-order valence-corrected chi connectivity index (χ1v) is 8.28. The van der Waals surface area contributed by atoms with Crippen LogP contribution in [-0.4, -0.2) is 37.5 Å². The van der Waals surface area contributed by atoms with E-state index >= 15 is 0 Å². The van der Waals surface area contributed by atoms with E-state index in [0.29, 0.717) is 12.0 Å². The van der Waals surface area contributed by atoms with Gasteiger partial charge in [0.05, 0.1) is 6.61 Å². The second kappa shape index (κ2) is 6.56. The summed E-state index contributed by atoms with van der Waals surface area (Å²) in [7, 11) is -2.31. The maximum absolute atomic E-state index is 14.1. The fourth-order valence-corrected chi connectivity index (χ4v) is 3.57. The second-order valence-electron chi connectivity index (χ2n) is 5.03. The Labute approximate surface area is 124 Å². The van der Waals surface area contributed by atoms with Crippen molar-refractivity contribution in [3.8, 4) is 11.8 Å². The third-order valence-electron chi connectivity index (χ3n) is 3.65. The molecule has 0 aliphatic heterocycles. The molecule has 2 rings (SSSR count). The molecule has 1 aliphatic carbocycles. The number of aliphatic hydroxyl groups is 1. The van der Waals surface area contributed by atoms with E-state index in [1.54, 1.807) is 0 Å². The van der Waals surface area contributed by atoms with Gasteiger partial charge in [-0.05, 0) is 31.0 Å². The van der Waals surface area contributed by atoms with Crippen LogP contribution in [0, 0.1) is 17.7 Å². The Morgan fingerprint density at radius 1 is 1.43 bits per heavy atom. The van der Waals surface area contributed by atoms with Gasteiger partial charge in [0.1, 0.15) is 10.7 Å². The van der Waals surface area contributed by atoms with Crippen molar-refractivity contribution >= 4 is 10.0 Å².